The van der Waals surface area contributed by atoms with Gasteiger partial charge in [-0.3, -0.25) is 0 Å². The van der Waals surface area contributed by atoms with Gasteiger partial charge in [0, 0.05) is 38.4 Å². The number of piperazine rings is 1. The highest BCUT2D eigenvalue weighted by Gasteiger charge is 2.25. The second kappa shape index (κ2) is 7.75. The number of nitrogens with zero attached hydrogens (tertiary/aromatic N) is 5. The first kappa shape index (κ1) is 18.1. The zero-order chi connectivity index (χ0) is 19.5. The van der Waals surface area contributed by atoms with Crippen LogP contribution in [0.3, 0.4) is 0 Å². The Bertz CT molecular complexity index is 959. The third-order valence-corrected chi connectivity index (χ3v) is 4.96. The summed E-state index contributed by atoms with van der Waals surface area (Å²) >= 11 is 0. The molecule has 1 aromatic carbocycles. The predicted molar refractivity (Wildman–Crippen MR) is 108 cm³/mol. The van der Waals surface area contributed by atoms with E-state index < -0.39 is 0 Å². The van der Waals surface area contributed by atoms with Crippen LogP contribution in [0, 0.1) is 0 Å². The fourth-order valence-electron chi connectivity index (χ4n) is 3.60. The van der Waals surface area contributed by atoms with Crippen molar-refractivity contribution in [3.8, 4) is 17.2 Å². The molecule has 3 aromatic rings. The lowest BCUT2D eigenvalue weighted by molar-refractivity contribution is 0.327. The lowest BCUT2D eigenvalue weighted by Crippen LogP contribution is -2.47. The minimum Gasteiger partial charge on any atom is -0.493 e. The van der Waals surface area contributed by atoms with Crippen LogP contribution in [0.5, 0.6) is 17.2 Å². The highest BCUT2D eigenvalue weighted by atomic mass is 16.5. The highest BCUT2D eigenvalue weighted by molar-refractivity contribution is 5.98. The van der Waals surface area contributed by atoms with Crippen LogP contribution in [0.15, 0.2) is 36.8 Å². The van der Waals surface area contributed by atoms with Crippen molar-refractivity contribution in [3.05, 3.63) is 36.8 Å². The Balaban J connectivity index is 1.70. The number of aromatic nitrogens is 3. The minimum atomic E-state index is 0.542. The molecule has 0 N–H and O–H groups in total. The zero-order valence-electron chi connectivity index (χ0n) is 16.3. The number of fused-ring (bicyclic) bond motifs is 1. The molecule has 28 heavy (non-hydrogen) atoms. The minimum absolute atomic E-state index is 0.542. The molecule has 146 valence electrons. The van der Waals surface area contributed by atoms with E-state index in [0.717, 1.165) is 48.7 Å². The number of hydrogen-bond acceptors (Lipinski definition) is 8. The molecule has 0 unspecified atom stereocenters. The average molecular weight is 381 g/mol. The fourth-order valence-corrected chi connectivity index (χ4v) is 3.60. The summed E-state index contributed by atoms with van der Waals surface area (Å²) in [4.78, 5) is 18.0. The third kappa shape index (κ3) is 3.11. The van der Waals surface area contributed by atoms with E-state index >= 15 is 0 Å². The molecule has 0 bridgehead atoms. The lowest BCUT2D eigenvalue weighted by atomic mass is 10.1. The molecule has 1 fully saturated rings. The molecule has 1 aliphatic heterocycles. The van der Waals surface area contributed by atoms with Crippen LogP contribution >= 0.6 is 0 Å². The quantitative estimate of drug-likeness (QED) is 0.667. The van der Waals surface area contributed by atoms with Crippen LogP contribution in [0.1, 0.15) is 0 Å². The van der Waals surface area contributed by atoms with Crippen molar-refractivity contribution in [1.29, 1.82) is 0 Å². The Morgan fingerprint density at radius 1 is 0.821 bits per heavy atom. The van der Waals surface area contributed by atoms with Crippen molar-refractivity contribution in [2.45, 2.75) is 0 Å². The number of methoxy groups -OCH3 is 3. The van der Waals surface area contributed by atoms with Gasteiger partial charge in [-0.05, 0) is 12.1 Å². The first-order valence-corrected chi connectivity index (χ1v) is 9.11. The van der Waals surface area contributed by atoms with Gasteiger partial charge in [0.2, 0.25) is 5.75 Å². The van der Waals surface area contributed by atoms with Crippen LogP contribution in [-0.4, -0.2) is 62.5 Å². The maximum atomic E-state index is 5.68. The van der Waals surface area contributed by atoms with Crippen LogP contribution in [0.25, 0.3) is 10.9 Å². The number of benzene rings is 1. The molecule has 8 nitrogen and oxygen atoms in total. The molecule has 1 aliphatic rings. The standard InChI is InChI=1S/C20H23N5O3/c1-26-15-12-14-17(19(28-3)18(15)27-2)20(23-13-22-14)25-10-8-24(9-11-25)16-6-4-5-7-21-16/h4-7,12-13H,8-11H2,1-3H3. The Morgan fingerprint density at radius 2 is 1.57 bits per heavy atom. The van der Waals surface area contributed by atoms with Crippen molar-refractivity contribution >= 4 is 22.5 Å². The van der Waals surface area contributed by atoms with Crippen molar-refractivity contribution in [1.82, 2.24) is 15.0 Å². The van der Waals surface area contributed by atoms with E-state index in [1.54, 1.807) is 27.7 Å². The summed E-state index contributed by atoms with van der Waals surface area (Å²) < 4.78 is 16.7. The van der Waals surface area contributed by atoms with Crippen LogP contribution < -0.4 is 24.0 Å². The average Bonchev–Trinajstić information content (AvgIpc) is 2.77. The molecular formula is C20H23N5O3. The van der Waals surface area contributed by atoms with Gasteiger partial charge in [-0.15, -0.1) is 0 Å². The van der Waals surface area contributed by atoms with Gasteiger partial charge in [-0.25, -0.2) is 15.0 Å². The Morgan fingerprint density at radius 3 is 2.21 bits per heavy atom. The monoisotopic (exact) mass is 381 g/mol. The number of anilines is 2. The summed E-state index contributed by atoms with van der Waals surface area (Å²) in [5, 5.41) is 0.828. The molecular weight excluding hydrogens is 358 g/mol. The number of hydrogen-bond donors (Lipinski definition) is 0. The fraction of sp³-hybridized carbons (Fsp3) is 0.350. The summed E-state index contributed by atoms with van der Waals surface area (Å²) in [5.74, 6) is 3.54. The van der Waals surface area contributed by atoms with Crippen molar-refractivity contribution in [2.24, 2.45) is 0 Å². The molecule has 0 spiro atoms. The van der Waals surface area contributed by atoms with Crippen LogP contribution in [0.4, 0.5) is 11.6 Å². The summed E-state index contributed by atoms with van der Waals surface area (Å²) in [6.45, 7) is 3.36. The zero-order valence-corrected chi connectivity index (χ0v) is 16.3. The van der Waals surface area contributed by atoms with E-state index in [9.17, 15) is 0 Å². The SMILES string of the molecule is COc1cc2ncnc(N3CCN(c4ccccn4)CC3)c2c(OC)c1OC. The topological polar surface area (TPSA) is 72.8 Å². The molecule has 3 heterocycles. The molecule has 8 heteroatoms. The van der Waals surface area contributed by atoms with Crippen LogP contribution in [-0.2, 0) is 0 Å². The van der Waals surface area contributed by atoms with Gasteiger partial charge in [-0.1, -0.05) is 6.07 Å². The first-order valence-electron chi connectivity index (χ1n) is 9.11. The Labute approximate surface area is 163 Å². The van der Waals surface area contributed by atoms with Crippen LogP contribution in [0.2, 0.25) is 0 Å². The molecule has 0 atom stereocenters. The van der Waals surface area contributed by atoms with E-state index in [0.29, 0.717) is 17.2 Å². The molecule has 4 rings (SSSR count). The molecule has 0 amide bonds. The molecule has 2 aromatic heterocycles. The highest BCUT2D eigenvalue weighted by Crippen LogP contribution is 2.45. The van der Waals surface area contributed by atoms with Gasteiger partial charge in [0.1, 0.15) is 18.0 Å². The maximum Gasteiger partial charge on any atom is 0.204 e. The number of pyridine rings is 1. The second-order valence-corrected chi connectivity index (χ2v) is 6.40. The van der Waals surface area contributed by atoms with Gasteiger partial charge in [-0.2, -0.15) is 0 Å². The smallest absolute Gasteiger partial charge is 0.204 e. The van der Waals surface area contributed by atoms with Crippen molar-refractivity contribution in [3.63, 3.8) is 0 Å². The maximum absolute atomic E-state index is 5.68. The molecule has 0 radical (unpaired) electrons. The summed E-state index contributed by atoms with van der Waals surface area (Å²) in [6, 6.07) is 7.83. The Kier molecular flexibility index (Phi) is 5.01. The van der Waals surface area contributed by atoms with E-state index in [-0.39, 0.29) is 0 Å². The molecule has 0 aliphatic carbocycles. The molecule has 0 saturated carbocycles. The molecule has 1 saturated heterocycles. The third-order valence-electron chi connectivity index (χ3n) is 4.96. The van der Waals surface area contributed by atoms with Gasteiger partial charge in [0.15, 0.2) is 11.5 Å². The number of ether oxygens (including phenoxy) is 3. The van der Waals surface area contributed by atoms with Gasteiger partial charge in [0.25, 0.3) is 0 Å². The summed E-state index contributed by atoms with van der Waals surface area (Å²) in [5.41, 5.74) is 0.756. The van der Waals surface area contributed by atoms with Gasteiger partial charge < -0.3 is 24.0 Å². The van der Waals surface area contributed by atoms with E-state index in [1.807, 2.05) is 30.5 Å². The normalized spacial score (nSPS) is 14.2. The van der Waals surface area contributed by atoms with Gasteiger partial charge >= 0.3 is 0 Å². The lowest BCUT2D eigenvalue weighted by Gasteiger charge is -2.36. The largest absolute Gasteiger partial charge is 0.493 e. The predicted octanol–water partition coefficient (Wildman–Crippen LogP) is 2.38. The van der Waals surface area contributed by atoms with E-state index in [2.05, 4.69) is 24.8 Å². The van der Waals surface area contributed by atoms with E-state index in [1.165, 1.54) is 0 Å². The number of rotatable bonds is 5. The van der Waals surface area contributed by atoms with E-state index in [4.69, 9.17) is 14.2 Å². The Hall–Kier alpha value is -3.29. The second-order valence-electron chi connectivity index (χ2n) is 6.40. The van der Waals surface area contributed by atoms with Crippen molar-refractivity contribution in [2.75, 3.05) is 57.3 Å². The van der Waals surface area contributed by atoms with Crippen molar-refractivity contribution < 1.29 is 14.2 Å². The summed E-state index contributed by atoms with van der Waals surface area (Å²) in [7, 11) is 4.82. The summed E-state index contributed by atoms with van der Waals surface area (Å²) in [6.07, 6.45) is 3.40. The first-order chi connectivity index (χ1) is 13.8. The van der Waals surface area contributed by atoms with Gasteiger partial charge in [0.05, 0.1) is 32.2 Å².